The summed E-state index contributed by atoms with van der Waals surface area (Å²) in [5.74, 6) is 0.380. The van der Waals surface area contributed by atoms with Crippen molar-refractivity contribution in [3.05, 3.63) is 40.4 Å². The number of hydrogen-bond donors (Lipinski definition) is 1. The van der Waals surface area contributed by atoms with Gasteiger partial charge in [-0.1, -0.05) is 6.92 Å². The van der Waals surface area contributed by atoms with Crippen LogP contribution in [0.4, 0.5) is 0 Å². The highest BCUT2D eigenvalue weighted by atomic mass is 32.1. The number of hydrogen-bond acceptors (Lipinski definition) is 5. The van der Waals surface area contributed by atoms with Gasteiger partial charge in [0.1, 0.15) is 16.5 Å². The molecule has 0 aliphatic rings. The minimum Gasteiger partial charge on any atom is -0.339 e. The lowest BCUT2D eigenvalue weighted by Gasteiger charge is -2.27. The SMILES string of the molecule is CCC(C)(NC(=O)c1ccnc(C)n1)c1nccs1. The number of carbonyl (C=O) groups excluding carboxylic acids is 1. The van der Waals surface area contributed by atoms with E-state index in [-0.39, 0.29) is 5.91 Å². The molecule has 1 N–H and O–H groups in total. The molecule has 1 atom stereocenters. The molecule has 0 spiro atoms. The Kier molecular flexibility index (Phi) is 3.90. The van der Waals surface area contributed by atoms with Gasteiger partial charge in [-0.2, -0.15) is 0 Å². The second-order valence-electron chi connectivity index (χ2n) is 4.47. The summed E-state index contributed by atoms with van der Waals surface area (Å²) in [5, 5.41) is 5.81. The van der Waals surface area contributed by atoms with Gasteiger partial charge in [-0.15, -0.1) is 11.3 Å². The first-order valence-corrected chi connectivity index (χ1v) is 6.95. The number of rotatable bonds is 4. The average Bonchev–Trinajstić information content (AvgIpc) is 2.93. The molecule has 0 aliphatic heterocycles. The third-order valence-corrected chi connectivity index (χ3v) is 4.05. The molecule has 2 rings (SSSR count). The molecule has 100 valence electrons. The number of nitrogens with zero attached hydrogens (tertiary/aromatic N) is 3. The maximum Gasteiger partial charge on any atom is 0.270 e. The number of carbonyl (C=O) groups is 1. The fourth-order valence-corrected chi connectivity index (χ4v) is 2.51. The van der Waals surface area contributed by atoms with E-state index >= 15 is 0 Å². The quantitative estimate of drug-likeness (QED) is 0.930. The van der Waals surface area contributed by atoms with Crippen molar-refractivity contribution in [2.75, 3.05) is 0 Å². The molecule has 2 aromatic heterocycles. The highest BCUT2D eigenvalue weighted by Crippen LogP contribution is 2.26. The normalized spacial score (nSPS) is 13.8. The number of amides is 1. The summed E-state index contributed by atoms with van der Waals surface area (Å²) in [4.78, 5) is 24.7. The summed E-state index contributed by atoms with van der Waals surface area (Å²) < 4.78 is 0. The summed E-state index contributed by atoms with van der Waals surface area (Å²) >= 11 is 1.54. The Morgan fingerprint density at radius 2 is 2.21 bits per heavy atom. The van der Waals surface area contributed by atoms with Crippen molar-refractivity contribution in [1.29, 1.82) is 0 Å². The first kappa shape index (κ1) is 13.6. The number of aryl methyl sites for hydroxylation is 1. The Bertz CT molecular complexity index is 570. The topological polar surface area (TPSA) is 67.8 Å². The molecule has 5 nitrogen and oxygen atoms in total. The highest BCUT2D eigenvalue weighted by Gasteiger charge is 2.29. The standard InChI is InChI=1S/C13H16N4OS/c1-4-13(3,12-15-7-8-19-12)17-11(18)10-5-6-14-9(2)16-10/h5-8H,4H2,1-3H3,(H,17,18). The summed E-state index contributed by atoms with van der Waals surface area (Å²) in [6.07, 6.45) is 4.09. The molecule has 0 radical (unpaired) electrons. The van der Waals surface area contributed by atoms with Crippen LogP contribution in [0.5, 0.6) is 0 Å². The number of aromatic nitrogens is 3. The minimum atomic E-state index is -0.468. The predicted molar refractivity (Wildman–Crippen MR) is 74.0 cm³/mol. The summed E-state index contributed by atoms with van der Waals surface area (Å²) in [7, 11) is 0. The van der Waals surface area contributed by atoms with E-state index in [2.05, 4.69) is 20.3 Å². The van der Waals surface area contributed by atoms with Crippen LogP contribution in [0.1, 0.15) is 41.6 Å². The predicted octanol–water partition coefficient (Wildman–Crippen LogP) is 2.30. The molecule has 1 unspecified atom stereocenters. The Hall–Kier alpha value is -1.82. The van der Waals surface area contributed by atoms with Crippen LogP contribution in [0.25, 0.3) is 0 Å². The van der Waals surface area contributed by atoms with Crippen LogP contribution >= 0.6 is 11.3 Å². The maximum absolute atomic E-state index is 12.2. The van der Waals surface area contributed by atoms with Gasteiger partial charge in [0.05, 0.1) is 5.54 Å². The average molecular weight is 276 g/mol. The highest BCUT2D eigenvalue weighted by molar-refractivity contribution is 7.09. The Morgan fingerprint density at radius 1 is 1.42 bits per heavy atom. The zero-order chi connectivity index (χ0) is 13.9. The smallest absolute Gasteiger partial charge is 0.270 e. The van der Waals surface area contributed by atoms with E-state index in [1.165, 1.54) is 11.3 Å². The van der Waals surface area contributed by atoms with Gasteiger partial charge in [0.25, 0.3) is 5.91 Å². The summed E-state index contributed by atoms with van der Waals surface area (Å²) in [5.41, 5.74) is -0.0897. The molecule has 0 bridgehead atoms. The molecule has 0 aromatic carbocycles. The molecule has 0 fully saturated rings. The van der Waals surface area contributed by atoms with Crippen LogP contribution in [0, 0.1) is 6.92 Å². The number of thiazole rings is 1. The van der Waals surface area contributed by atoms with Crippen molar-refractivity contribution in [3.8, 4) is 0 Å². The fourth-order valence-electron chi connectivity index (χ4n) is 1.69. The van der Waals surface area contributed by atoms with Crippen molar-refractivity contribution in [3.63, 3.8) is 0 Å². The molecule has 6 heteroatoms. The molecule has 19 heavy (non-hydrogen) atoms. The molecule has 1 amide bonds. The molecular formula is C13H16N4OS. The van der Waals surface area contributed by atoms with Crippen LogP contribution in [-0.4, -0.2) is 20.9 Å². The van der Waals surface area contributed by atoms with E-state index in [0.717, 1.165) is 11.4 Å². The lowest BCUT2D eigenvalue weighted by Crippen LogP contribution is -2.43. The van der Waals surface area contributed by atoms with E-state index in [1.807, 2.05) is 19.2 Å². The Morgan fingerprint density at radius 3 is 2.79 bits per heavy atom. The van der Waals surface area contributed by atoms with Crippen LogP contribution < -0.4 is 5.32 Å². The van der Waals surface area contributed by atoms with Crippen molar-refractivity contribution in [2.45, 2.75) is 32.7 Å². The van der Waals surface area contributed by atoms with Crippen molar-refractivity contribution >= 4 is 17.2 Å². The fraction of sp³-hybridized carbons (Fsp3) is 0.385. The van der Waals surface area contributed by atoms with Gasteiger partial charge in [-0.05, 0) is 26.3 Å². The molecule has 0 aliphatic carbocycles. The van der Waals surface area contributed by atoms with Gasteiger partial charge in [-0.3, -0.25) is 4.79 Å². The third-order valence-electron chi connectivity index (χ3n) is 3.01. The van der Waals surface area contributed by atoms with Crippen LogP contribution in [0.2, 0.25) is 0 Å². The van der Waals surface area contributed by atoms with Crippen molar-refractivity contribution in [2.24, 2.45) is 0 Å². The van der Waals surface area contributed by atoms with Gasteiger partial charge in [0.2, 0.25) is 0 Å². The molecule has 0 saturated carbocycles. The van der Waals surface area contributed by atoms with E-state index < -0.39 is 5.54 Å². The molecule has 2 aromatic rings. The minimum absolute atomic E-state index is 0.204. The van der Waals surface area contributed by atoms with E-state index in [4.69, 9.17) is 0 Å². The lowest BCUT2D eigenvalue weighted by atomic mass is 9.99. The van der Waals surface area contributed by atoms with Gasteiger partial charge in [0.15, 0.2) is 0 Å². The van der Waals surface area contributed by atoms with Gasteiger partial charge < -0.3 is 5.32 Å². The molecular weight excluding hydrogens is 260 g/mol. The first-order valence-electron chi connectivity index (χ1n) is 6.07. The largest absolute Gasteiger partial charge is 0.339 e. The first-order chi connectivity index (χ1) is 9.05. The maximum atomic E-state index is 12.2. The van der Waals surface area contributed by atoms with Crippen molar-refractivity contribution < 1.29 is 4.79 Å². The lowest BCUT2D eigenvalue weighted by molar-refractivity contribution is 0.0896. The number of nitrogens with one attached hydrogen (secondary N) is 1. The van der Waals surface area contributed by atoms with Crippen LogP contribution in [0.15, 0.2) is 23.8 Å². The zero-order valence-corrected chi connectivity index (χ0v) is 12.0. The Labute approximate surface area is 116 Å². The third kappa shape index (κ3) is 2.96. The second kappa shape index (κ2) is 5.44. The Balaban J connectivity index is 2.22. The van der Waals surface area contributed by atoms with E-state index in [9.17, 15) is 4.79 Å². The monoisotopic (exact) mass is 276 g/mol. The molecule has 2 heterocycles. The van der Waals surface area contributed by atoms with Crippen molar-refractivity contribution in [1.82, 2.24) is 20.3 Å². The second-order valence-corrected chi connectivity index (χ2v) is 5.36. The summed E-state index contributed by atoms with van der Waals surface area (Å²) in [6, 6.07) is 1.61. The van der Waals surface area contributed by atoms with Gasteiger partial charge >= 0.3 is 0 Å². The van der Waals surface area contributed by atoms with Gasteiger partial charge in [0, 0.05) is 17.8 Å². The van der Waals surface area contributed by atoms with E-state index in [0.29, 0.717) is 11.5 Å². The van der Waals surface area contributed by atoms with Crippen LogP contribution in [-0.2, 0) is 5.54 Å². The van der Waals surface area contributed by atoms with E-state index in [1.54, 1.807) is 25.4 Å². The van der Waals surface area contributed by atoms with Crippen LogP contribution in [0.3, 0.4) is 0 Å². The zero-order valence-electron chi connectivity index (χ0n) is 11.2. The molecule has 0 saturated heterocycles. The summed E-state index contributed by atoms with van der Waals surface area (Å²) in [6.45, 7) is 5.75. The van der Waals surface area contributed by atoms with Gasteiger partial charge in [-0.25, -0.2) is 15.0 Å².